The molecule has 2 aromatic carbocycles. The van der Waals surface area contributed by atoms with Crippen LogP contribution in [0, 0.1) is 0 Å². The number of rotatable bonds is 7. The Morgan fingerprint density at radius 2 is 1.58 bits per heavy atom. The number of nitrogens with one attached hydrogen (secondary N) is 1. The Bertz CT molecular complexity index is 1210. The first kappa shape index (κ1) is 20.9. The molecule has 0 amide bonds. The van der Waals surface area contributed by atoms with Crippen LogP contribution in [0.2, 0.25) is 0 Å². The zero-order chi connectivity index (χ0) is 22.2. The first-order chi connectivity index (χ1) is 14.9. The number of aryl methyl sites for hydroxylation is 1. The van der Waals surface area contributed by atoms with E-state index in [0.717, 1.165) is 5.56 Å². The van der Waals surface area contributed by atoms with Crippen molar-refractivity contribution in [1.29, 1.82) is 0 Å². The smallest absolute Gasteiger partial charge is 0.270 e. The highest BCUT2D eigenvalue weighted by Gasteiger charge is 2.32. The lowest BCUT2D eigenvalue weighted by atomic mass is 9.89. The van der Waals surface area contributed by atoms with Gasteiger partial charge >= 0.3 is 0 Å². The first-order valence-electron chi connectivity index (χ1n) is 9.41. The van der Waals surface area contributed by atoms with E-state index in [2.05, 4.69) is 9.88 Å². The number of aromatic nitrogens is 1. The lowest BCUT2D eigenvalue weighted by Crippen LogP contribution is -2.17. The highest BCUT2D eigenvalue weighted by Crippen LogP contribution is 2.47. The van der Waals surface area contributed by atoms with Crippen molar-refractivity contribution in [1.82, 2.24) is 5.16 Å². The van der Waals surface area contributed by atoms with E-state index in [1.165, 1.54) is 14.2 Å². The molecule has 4 rings (SSSR count). The van der Waals surface area contributed by atoms with Crippen LogP contribution in [0.25, 0.3) is 11.3 Å². The molecule has 164 valence electrons. The second-order valence-corrected chi connectivity index (χ2v) is 8.39. The molecule has 9 nitrogen and oxygen atoms in total. The number of sulfonamides is 1. The molecule has 0 unspecified atom stereocenters. The minimum atomic E-state index is -4.09. The van der Waals surface area contributed by atoms with E-state index in [4.69, 9.17) is 23.5 Å². The standard InChI is InChI=1S/C21H22N2O7S/c1-26-14-11-9-12-8-10-13-18(17(12)19(14)29-4)30-22-21(13)23-31(24,25)20-15(27-2)6-5-7-16(20)28-3/h5-7,9,11H,8,10H2,1-4H3,(H,22,23). The van der Waals surface area contributed by atoms with Gasteiger partial charge in [0.1, 0.15) is 11.5 Å². The Labute approximate surface area is 179 Å². The number of ether oxygens (including phenoxy) is 4. The molecule has 0 atom stereocenters. The molecule has 0 spiro atoms. The molecule has 1 heterocycles. The fraction of sp³-hybridized carbons (Fsp3) is 0.286. The number of nitrogens with zero attached hydrogens (tertiary/aromatic N) is 1. The minimum Gasteiger partial charge on any atom is -0.495 e. The molecular weight excluding hydrogens is 424 g/mol. The van der Waals surface area contributed by atoms with Gasteiger partial charge in [-0.3, -0.25) is 4.72 Å². The summed E-state index contributed by atoms with van der Waals surface area (Å²) >= 11 is 0. The SMILES string of the molecule is COc1ccc2c(c1OC)-c1onc(NS(=O)(=O)c3c(OC)cccc3OC)c1CC2. The Morgan fingerprint density at radius 1 is 0.903 bits per heavy atom. The molecule has 1 N–H and O–H groups in total. The van der Waals surface area contributed by atoms with Crippen LogP contribution >= 0.6 is 0 Å². The number of methoxy groups -OCH3 is 4. The van der Waals surface area contributed by atoms with E-state index in [0.29, 0.717) is 41.2 Å². The van der Waals surface area contributed by atoms with Crippen LogP contribution in [0.5, 0.6) is 23.0 Å². The van der Waals surface area contributed by atoms with Gasteiger partial charge in [0.05, 0.1) is 34.0 Å². The molecule has 31 heavy (non-hydrogen) atoms. The van der Waals surface area contributed by atoms with Gasteiger partial charge in [0.15, 0.2) is 28.0 Å². The molecule has 0 saturated carbocycles. The molecule has 0 fully saturated rings. The van der Waals surface area contributed by atoms with Gasteiger partial charge in [-0.2, -0.15) is 0 Å². The quantitative estimate of drug-likeness (QED) is 0.589. The Kier molecular flexibility index (Phi) is 5.40. The third-order valence-electron chi connectivity index (χ3n) is 5.17. The van der Waals surface area contributed by atoms with Crippen molar-refractivity contribution in [3.05, 3.63) is 41.5 Å². The van der Waals surface area contributed by atoms with Crippen molar-refractivity contribution in [2.45, 2.75) is 17.7 Å². The number of hydrogen-bond acceptors (Lipinski definition) is 8. The second-order valence-electron chi connectivity index (χ2n) is 6.77. The highest BCUT2D eigenvalue weighted by atomic mass is 32.2. The molecule has 1 aromatic heterocycles. The summed E-state index contributed by atoms with van der Waals surface area (Å²) in [6.07, 6.45) is 1.21. The zero-order valence-electron chi connectivity index (χ0n) is 17.5. The third-order valence-corrected chi connectivity index (χ3v) is 6.58. The number of benzene rings is 2. The Hall–Kier alpha value is -3.40. The lowest BCUT2D eigenvalue weighted by molar-refractivity contribution is 0.353. The van der Waals surface area contributed by atoms with Crippen LogP contribution in [0.3, 0.4) is 0 Å². The van der Waals surface area contributed by atoms with E-state index in [1.54, 1.807) is 32.4 Å². The topological polar surface area (TPSA) is 109 Å². The summed E-state index contributed by atoms with van der Waals surface area (Å²) in [5.74, 6) is 1.92. The summed E-state index contributed by atoms with van der Waals surface area (Å²) in [4.78, 5) is -0.118. The van der Waals surface area contributed by atoms with Crippen LogP contribution in [-0.4, -0.2) is 42.0 Å². The van der Waals surface area contributed by atoms with Gasteiger partial charge in [-0.25, -0.2) is 8.42 Å². The predicted molar refractivity (Wildman–Crippen MR) is 113 cm³/mol. The van der Waals surface area contributed by atoms with Crippen LogP contribution in [-0.2, 0) is 22.9 Å². The van der Waals surface area contributed by atoms with E-state index in [9.17, 15) is 8.42 Å². The van der Waals surface area contributed by atoms with E-state index >= 15 is 0 Å². The van der Waals surface area contributed by atoms with E-state index in [-0.39, 0.29) is 22.2 Å². The zero-order valence-corrected chi connectivity index (χ0v) is 18.3. The maximum absolute atomic E-state index is 13.2. The lowest BCUT2D eigenvalue weighted by Gasteiger charge is -2.20. The van der Waals surface area contributed by atoms with Gasteiger partial charge in [-0.05, 0) is 36.6 Å². The predicted octanol–water partition coefficient (Wildman–Crippen LogP) is 3.28. The minimum absolute atomic E-state index is 0.110. The molecule has 0 bridgehead atoms. The Morgan fingerprint density at radius 3 is 2.19 bits per heavy atom. The summed E-state index contributed by atoms with van der Waals surface area (Å²) in [5, 5.41) is 4.01. The maximum Gasteiger partial charge on any atom is 0.270 e. The maximum atomic E-state index is 13.2. The van der Waals surface area contributed by atoms with Crippen molar-refractivity contribution in [3.8, 4) is 34.3 Å². The fourth-order valence-electron chi connectivity index (χ4n) is 3.76. The van der Waals surface area contributed by atoms with Crippen molar-refractivity contribution in [2.75, 3.05) is 33.2 Å². The average molecular weight is 446 g/mol. The summed E-state index contributed by atoms with van der Waals surface area (Å²) in [6.45, 7) is 0. The number of fused-ring (bicyclic) bond motifs is 3. The molecule has 0 saturated heterocycles. The van der Waals surface area contributed by atoms with E-state index < -0.39 is 10.0 Å². The molecule has 1 aliphatic carbocycles. The summed E-state index contributed by atoms with van der Waals surface area (Å²) in [7, 11) is 1.79. The van der Waals surface area contributed by atoms with Gasteiger partial charge in [0.25, 0.3) is 10.0 Å². The molecule has 10 heteroatoms. The largest absolute Gasteiger partial charge is 0.495 e. The highest BCUT2D eigenvalue weighted by molar-refractivity contribution is 7.93. The Balaban J connectivity index is 1.80. The third kappa shape index (κ3) is 3.42. The summed E-state index contributed by atoms with van der Waals surface area (Å²) < 4.78 is 55.9. The van der Waals surface area contributed by atoms with Crippen molar-refractivity contribution < 1.29 is 31.9 Å². The molecular formula is C21H22N2O7S. The van der Waals surface area contributed by atoms with Gasteiger partial charge in [-0.15, -0.1) is 0 Å². The van der Waals surface area contributed by atoms with Gasteiger partial charge in [0.2, 0.25) is 0 Å². The van der Waals surface area contributed by atoms with Gasteiger partial charge in [-0.1, -0.05) is 17.3 Å². The first-order valence-corrected chi connectivity index (χ1v) is 10.9. The van der Waals surface area contributed by atoms with Crippen molar-refractivity contribution in [2.24, 2.45) is 0 Å². The van der Waals surface area contributed by atoms with Crippen molar-refractivity contribution >= 4 is 15.8 Å². The number of anilines is 1. The summed E-state index contributed by atoms with van der Waals surface area (Å²) in [5.41, 5.74) is 2.34. The molecule has 1 aliphatic rings. The van der Waals surface area contributed by atoms with Crippen LogP contribution in [0.4, 0.5) is 5.82 Å². The molecule has 0 radical (unpaired) electrons. The van der Waals surface area contributed by atoms with Crippen LogP contribution in [0.15, 0.2) is 39.8 Å². The van der Waals surface area contributed by atoms with E-state index in [1.807, 2.05) is 12.1 Å². The van der Waals surface area contributed by atoms with Crippen molar-refractivity contribution in [3.63, 3.8) is 0 Å². The fourth-order valence-corrected chi connectivity index (χ4v) is 5.11. The second kappa shape index (κ2) is 8.03. The van der Waals surface area contributed by atoms with Gasteiger partial charge in [0, 0.05) is 5.56 Å². The average Bonchev–Trinajstić information content (AvgIpc) is 3.19. The van der Waals surface area contributed by atoms with Crippen LogP contribution in [0.1, 0.15) is 11.1 Å². The monoisotopic (exact) mass is 446 g/mol. The molecule has 0 aliphatic heterocycles. The van der Waals surface area contributed by atoms with Crippen LogP contribution < -0.4 is 23.7 Å². The molecule has 3 aromatic rings. The summed E-state index contributed by atoms with van der Waals surface area (Å²) in [6, 6.07) is 8.50. The normalized spacial score (nSPS) is 12.5. The van der Waals surface area contributed by atoms with Gasteiger partial charge < -0.3 is 23.5 Å². The number of hydrogen-bond donors (Lipinski definition) is 1.